The standard InChI is InChI=1S/C16H30O3S2/c1-2-3-4-5-6-7-9-19-15(18)12-14(17)13-16-20-10-8-11-21-16/h14,16-17H,2-13H2,1H3. The highest BCUT2D eigenvalue weighted by Crippen LogP contribution is 2.34. The molecule has 0 radical (unpaired) electrons. The van der Waals surface area contributed by atoms with E-state index >= 15 is 0 Å². The Bertz CT molecular complexity index is 268. The lowest BCUT2D eigenvalue weighted by Gasteiger charge is -2.22. The molecule has 21 heavy (non-hydrogen) atoms. The fourth-order valence-corrected chi connectivity index (χ4v) is 5.31. The quantitative estimate of drug-likeness (QED) is 0.452. The summed E-state index contributed by atoms with van der Waals surface area (Å²) in [6.07, 6.45) is 8.67. The van der Waals surface area contributed by atoms with Crippen LogP contribution >= 0.6 is 23.5 Å². The first-order chi connectivity index (χ1) is 10.2. The summed E-state index contributed by atoms with van der Waals surface area (Å²) in [5.41, 5.74) is 0. The number of hydrogen-bond donors (Lipinski definition) is 1. The summed E-state index contributed by atoms with van der Waals surface area (Å²) in [4.78, 5) is 11.6. The molecule has 0 aromatic carbocycles. The van der Waals surface area contributed by atoms with Gasteiger partial charge >= 0.3 is 5.97 Å². The van der Waals surface area contributed by atoms with Gasteiger partial charge in [-0.15, -0.1) is 23.5 Å². The third-order valence-corrected chi connectivity index (χ3v) is 6.52. The Hall–Kier alpha value is 0.130. The number of rotatable bonds is 11. The molecule has 5 heteroatoms. The lowest BCUT2D eigenvalue weighted by Crippen LogP contribution is -2.21. The van der Waals surface area contributed by atoms with E-state index in [1.54, 1.807) is 0 Å². The van der Waals surface area contributed by atoms with Crippen LogP contribution < -0.4 is 0 Å². The molecule has 0 saturated carbocycles. The molecule has 0 aliphatic carbocycles. The Labute approximate surface area is 138 Å². The number of carbonyl (C=O) groups excluding carboxylic acids is 1. The second-order valence-corrected chi connectivity index (χ2v) is 8.53. The summed E-state index contributed by atoms with van der Waals surface area (Å²) in [5.74, 6) is 2.10. The van der Waals surface area contributed by atoms with E-state index in [2.05, 4.69) is 6.92 Å². The average molecular weight is 335 g/mol. The molecule has 1 fully saturated rings. The highest BCUT2D eigenvalue weighted by molar-refractivity contribution is 8.17. The SMILES string of the molecule is CCCCCCCCOC(=O)CC(O)CC1SCCCS1. The van der Waals surface area contributed by atoms with Crippen LogP contribution in [0, 0.1) is 0 Å². The summed E-state index contributed by atoms with van der Waals surface area (Å²) in [6.45, 7) is 2.71. The van der Waals surface area contributed by atoms with E-state index < -0.39 is 6.10 Å². The number of thioether (sulfide) groups is 2. The number of unbranched alkanes of at least 4 members (excludes halogenated alkanes) is 5. The maximum atomic E-state index is 11.6. The van der Waals surface area contributed by atoms with E-state index in [1.165, 1.54) is 43.6 Å². The van der Waals surface area contributed by atoms with Crippen LogP contribution in [0.15, 0.2) is 0 Å². The second kappa shape index (κ2) is 12.7. The van der Waals surface area contributed by atoms with Crippen molar-refractivity contribution in [1.29, 1.82) is 0 Å². The Morgan fingerprint density at radius 2 is 1.86 bits per heavy atom. The number of hydrogen-bond acceptors (Lipinski definition) is 5. The first kappa shape index (κ1) is 19.2. The molecule has 3 nitrogen and oxygen atoms in total. The maximum Gasteiger partial charge on any atom is 0.308 e. The monoisotopic (exact) mass is 334 g/mol. The molecule has 0 bridgehead atoms. The highest BCUT2D eigenvalue weighted by atomic mass is 32.2. The molecule has 1 aliphatic rings. The van der Waals surface area contributed by atoms with Gasteiger partial charge in [-0.1, -0.05) is 39.0 Å². The summed E-state index contributed by atoms with van der Waals surface area (Å²) in [5, 5.41) is 9.94. The van der Waals surface area contributed by atoms with Gasteiger partial charge in [0.05, 0.1) is 23.7 Å². The van der Waals surface area contributed by atoms with E-state index in [0.29, 0.717) is 17.6 Å². The average Bonchev–Trinajstić information content (AvgIpc) is 2.47. The van der Waals surface area contributed by atoms with Gasteiger partial charge in [-0.25, -0.2) is 0 Å². The van der Waals surface area contributed by atoms with Crippen molar-refractivity contribution < 1.29 is 14.6 Å². The zero-order valence-corrected chi connectivity index (χ0v) is 14.9. The predicted octanol–water partition coefficient (Wildman–Crippen LogP) is 4.23. The van der Waals surface area contributed by atoms with E-state index in [0.717, 1.165) is 12.8 Å². The van der Waals surface area contributed by atoms with Crippen molar-refractivity contribution in [3.8, 4) is 0 Å². The Kier molecular flexibility index (Phi) is 11.6. The summed E-state index contributed by atoms with van der Waals surface area (Å²) in [6, 6.07) is 0. The molecule has 124 valence electrons. The lowest BCUT2D eigenvalue weighted by atomic mass is 10.1. The largest absolute Gasteiger partial charge is 0.466 e. The molecule has 0 aromatic rings. The smallest absolute Gasteiger partial charge is 0.308 e. The van der Waals surface area contributed by atoms with Crippen molar-refractivity contribution in [2.75, 3.05) is 18.1 Å². The molecule has 0 aromatic heterocycles. The van der Waals surface area contributed by atoms with E-state index in [4.69, 9.17) is 4.74 Å². The van der Waals surface area contributed by atoms with Crippen LogP contribution in [0.1, 0.15) is 64.7 Å². The number of aliphatic hydroxyl groups excluding tert-OH is 1. The molecule has 0 amide bonds. The third-order valence-electron chi connectivity index (χ3n) is 3.52. The van der Waals surface area contributed by atoms with Crippen LogP contribution in [-0.4, -0.2) is 39.9 Å². The van der Waals surface area contributed by atoms with Gasteiger partial charge in [-0.3, -0.25) is 4.79 Å². The number of ether oxygens (including phenoxy) is 1. The number of carbonyl (C=O) groups is 1. The van der Waals surface area contributed by atoms with Gasteiger partial charge in [0.2, 0.25) is 0 Å². The molecule has 1 unspecified atom stereocenters. The zero-order valence-electron chi connectivity index (χ0n) is 13.2. The molecular weight excluding hydrogens is 304 g/mol. The molecule has 1 heterocycles. The fraction of sp³-hybridized carbons (Fsp3) is 0.938. The first-order valence-electron chi connectivity index (χ1n) is 8.29. The normalized spacial score (nSPS) is 17.6. The molecule has 1 saturated heterocycles. The molecule has 0 spiro atoms. The second-order valence-electron chi connectivity index (χ2n) is 5.61. The van der Waals surface area contributed by atoms with Crippen molar-refractivity contribution >= 4 is 29.5 Å². The van der Waals surface area contributed by atoms with E-state index in [-0.39, 0.29) is 12.4 Å². The number of esters is 1. The summed E-state index contributed by atoms with van der Waals surface area (Å²) in [7, 11) is 0. The van der Waals surface area contributed by atoms with Crippen LogP contribution in [0.3, 0.4) is 0 Å². The van der Waals surface area contributed by atoms with Crippen LogP contribution in [0.2, 0.25) is 0 Å². The molecular formula is C16H30O3S2. The summed E-state index contributed by atoms with van der Waals surface area (Å²) < 4.78 is 5.64. The van der Waals surface area contributed by atoms with Crippen LogP contribution in [-0.2, 0) is 9.53 Å². The summed E-state index contributed by atoms with van der Waals surface area (Å²) >= 11 is 3.80. The van der Waals surface area contributed by atoms with Gasteiger partial charge in [0, 0.05) is 0 Å². The van der Waals surface area contributed by atoms with Crippen molar-refractivity contribution in [2.45, 2.75) is 75.4 Å². The first-order valence-corrected chi connectivity index (χ1v) is 10.4. The molecule has 1 rings (SSSR count). The van der Waals surface area contributed by atoms with E-state index in [9.17, 15) is 9.90 Å². The third kappa shape index (κ3) is 10.5. The van der Waals surface area contributed by atoms with Gasteiger partial charge < -0.3 is 9.84 Å². The molecule has 1 N–H and O–H groups in total. The van der Waals surface area contributed by atoms with Gasteiger partial charge in [0.15, 0.2) is 0 Å². The van der Waals surface area contributed by atoms with Gasteiger partial charge in [0.25, 0.3) is 0 Å². The molecule has 1 aliphatic heterocycles. The van der Waals surface area contributed by atoms with Crippen molar-refractivity contribution in [1.82, 2.24) is 0 Å². The maximum absolute atomic E-state index is 11.6. The Morgan fingerprint density at radius 1 is 1.19 bits per heavy atom. The van der Waals surface area contributed by atoms with Gasteiger partial charge in [-0.05, 0) is 30.8 Å². The van der Waals surface area contributed by atoms with E-state index in [1.807, 2.05) is 23.5 Å². The minimum atomic E-state index is -0.551. The van der Waals surface area contributed by atoms with Crippen LogP contribution in [0.4, 0.5) is 0 Å². The predicted molar refractivity (Wildman–Crippen MR) is 92.9 cm³/mol. The Morgan fingerprint density at radius 3 is 2.57 bits per heavy atom. The fourth-order valence-electron chi connectivity index (χ4n) is 2.30. The molecule has 1 atom stereocenters. The van der Waals surface area contributed by atoms with Gasteiger partial charge in [0.1, 0.15) is 0 Å². The number of aliphatic hydroxyl groups is 1. The van der Waals surface area contributed by atoms with Crippen molar-refractivity contribution in [2.24, 2.45) is 0 Å². The van der Waals surface area contributed by atoms with Gasteiger partial charge in [-0.2, -0.15) is 0 Å². The van der Waals surface area contributed by atoms with Crippen LogP contribution in [0.5, 0.6) is 0 Å². The minimum absolute atomic E-state index is 0.146. The minimum Gasteiger partial charge on any atom is -0.466 e. The highest BCUT2D eigenvalue weighted by Gasteiger charge is 2.20. The van der Waals surface area contributed by atoms with Crippen molar-refractivity contribution in [3.05, 3.63) is 0 Å². The van der Waals surface area contributed by atoms with Crippen molar-refractivity contribution in [3.63, 3.8) is 0 Å². The topological polar surface area (TPSA) is 46.5 Å². The zero-order chi connectivity index (χ0) is 15.3. The Balaban J connectivity index is 1.96. The lowest BCUT2D eigenvalue weighted by molar-refractivity contribution is -0.146. The van der Waals surface area contributed by atoms with Crippen LogP contribution in [0.25, 0.3) is 0 Å².